The molecule has 156 valence electrons. The van der Waals surface area contributed by atoms with Gasteiger partial charge < -0.3 is 14.8 Å². The molecule has 2 atom stereocenters. The molecule has 1 N–H and O–H groups in total. The monoisotopic (exact) mass is 482 g/mol. The van der Waals surface area contributed by atoms with Crippen molar-refractivity contribution in [3.63, 3.8) is 0 Å². The van der Waals surface area contributed by atoms with Crippen LogP contribution in [-0.4, -0.2) is 26.1 Å². The summed E-state index contributed by atoms with van der Waals surface area (Å²) in [6.07, 6.45) is 4.10. The van der Waals surface area contributed by atoms with Crippen molar-refractivity contribution in [1.82, 2.24) is 19.8 Å². The van der Waals surface area contributed by atoms with Gasteiger partial charge in [-0.15, -0.1) is 0 Å². The molecular formula is C24H27BrN4S. The van der Waals surface area contributed by atoms with Crippen molar-refractivity contribution in [3.05, 3.63) is 81.8 Å². The van der Waals surface area contributed by atoms with Crippen LogP contribution in [0.1, 0.15) is 54.5 Å². The predicted molar refractivity (Wildman–Crippen MR) is 130 cm³/mol. The summed E-state index contributed by atoms with van der Waals surface area (Å²) in [6, 6.07) is 17.0. The van der Waals surface area contributed by atoms with Crippen molar-refractivity contribution >= 4 is 33.3 Å². The first-order valence-electron chi connectivity index (χ1n) is 10.4. The van der Waals surface area contributed by atoms with Gasteiger partial charge in [-0.3, -0.25) is 4.98 Å². The number of pyridine rings is 1. The van der Waals surface area contributed by atoms with E-state index in [0.717, 1.165) is 34.7 Å². The molecule has 1 aromatic carbocycles. The number of rotatable bonds is 6. The molecule has 0 spiro atoms. The molecule has 0 bridgehead atoms. The summed E-state index contributed by atoms with van der Waals surface area (Å²) in [6.45, 7) is 7.54. The van der Waals surface area contributed by atoms with Gasteiger partial charge in [-0.1, -0.05) is 35.3 Å². The number of hydrogen-bond acceptors (Lipinski definition) is 2. The fourth-order valence-electron chi connectivity index (χ4n) is 4.39. The maximum Gasteiger partial charge on any atom is 0.170 e. The van der Waals surface area contributed by atoms with Gasteiger partial charge >= 0.3 is 0 Å². The van der Waals surface area contributed by atoms with Gasteiger partial charge in [0.05, 0.1) is 17.8 Å². The normalized spacial score (nSPS) is 18.7. The summed E-state index contributed by atoms with van der Waals surface area (Å²) < 4.78 is 3.41. The van der Waals surface area contributed by atoms with Crippen molar-refractivity contribution < 1.29 is 0 Å². The average Bonchev–Trinajstić information content (AvgIpc) is 3.23. The summed E-state index contributed by atoms with van der Waals surface area (Å²) in [5, 5.41) is 4.38. The molecule has 1 aliphatic rings. The quantitative estimate of drug-likeness (QED) is 0.435. The lowest BCUT2D eigenvalue weighted by Gasteiger charge is -2.28. The summed E-state index contributed by atoms with van der Waals surface area (Å²) in [7, 11) is 0. The van der Waals surface area contributed by atoms with Crippen LogP contribution in [0.15, 0.2) is 59.2 Å². The number of nitrogens with zero attached hydrogens (tertiary/aromatic N) is 3. The molecule has 3 aromatic rings. The molecule has 4 nitrogen and oxygen atoms in total. The lowest BCUT2D eigenvalue weighted by Crippen LogP contribution is -2.30. The number of thiocarbonyl (C=S) groups is 1. The first-order valence-corrected chi connectivity index (χ1v) is 11.6. The van der Waals surface area contributed by atoms with Gasteiger partial charge in [-0.25, -0.2) is 0 Å². The Morgan fingerprint density at radius 2 is 1.90 bits per heavy atom. The minimum Gasteiger partial charge on any atom is -0.352 e. The van der Waals surface area contributed by atoms with E-state index in [9.17, 15) is 0 Å². The molecule has 3 heterocycles. The highest BCUT2D eigenvalue weighted by Crippen LogP contribution is 2.41. The Bertz CT molecular complexity index is 1030. The Labute approximate surface area is 192 Å². The van der Waals surface area contributed by atoms with E-state index in [0.29, 0.717) is 0 Å². The molecule has 1 aliphatic heterocycles. The molecule has 6 heteroatoms. The summed E-state index contributed by atoms with van der Waals surface area (Å²) in [5.41, 5.74) is 5.96. The van der Waals surface area contributed by atoms with Gasteiger partial charge in [-0.05, 0) is 80.5 Å². The smallest absolute Gasteiger partial charge is 0.170 e. The van der Waals surface area contributed by atoms with Crippen molar-refractivity contribution in [3.8, 4) is 5.69 Å². The van der Waals surface area contributed by atoms with Crippen LogP contribution >= 0.6 is 28.1 Å². The van der Waals surface area contributed by atoms with Gasteiger partial charge in [0, 0.05) is 34.3 Å². The fourth-order valence-corrected chi connectivity index (χ4v) is 4.98. The molecule has 30 heavy (non-hydrogen) atoms. The van der Waals surface area contributed by atoms with Gasteiger partial charge in [0.2, 0.25) is 0 Å². The van der Waals surface area contributed by atoms with E-state index < -0.39 is 0 Å². The molecule has 1 saturated heterocycles. The Morgan fingerprint density at radius 1 is 1.13 bits per heavy atom. The molecule has 4 rings (SSSR count). The van der Waals surface area contributed by atoms with E-state index in [4.69, 9.17) is 12.2 Å². The SMILES string of the molecule is CCCCN1C(=S)N[C@@H](c2ccccn2)[C@@H]1c1cc(C)n(-c2ccc(Br)cc2)c1C. The van der Waals surface area contributed by atoms with Crippen LogP contribution in [0.4, 0.5) is 0 Å². The molecule has 2 aromatic heterocycles. The van der Waals surface area contributed by atoms with Crippen molar-refractivity contribution in [2.45, 2.75) is 45.7 Å². The number of nitrogens with one attached hydrogen (secondary N) is 1. The second-order valence-corrected chi connectivity index (χ2v) is 9.11. The molecule has 0 radical (unpaired) electrons. The number of aryl methyl sites for hydroxylation is 1. The van der Waals surface area contributed by atoms with Gasteiger partial charge in [0.25, 0.3) is 0 Å². The zero-order valence-electron chi connectivity index (χ0n) is 17.6. The minimum absolute atomic E-state index is 0.0365. The van der Waals surface area contributed by atoms with Crippen molar-refractivity contribution in [1.29, 1.82) is 0 Å². The van der Waals surface area contributed by atoms with Crippen molar-refractivity contribution in [2.24, 2.45) is 0 Å². The average molecular weight is 483 g/mol. The molecule has 0 unspecified atom stereocenters. The first-order chi connectivity index (χ1) is 14.5. The van der Waals surface area contributed by atoms with Gasteiger partial charge in [0.15, 0.2) is 5.11 Å². The second-order valence-electron chi connectivity index (χ2n) is 7.81. The lowest BCUT2D eigenvalue weighted by atomic mass is 9.96. The van der Waals surface area contributed by atoms with E-state index in [1.807, 2.05) is 18.3 Å². The van der Waals surface area contributed by atoms with Crippen LogP contribution in [-0.2, 0) is 0 Å². The van der Waals surface area contributed by atoms with E-state index in [2.05, 4.69) is 92.9 Å². The summed E-state index contributed by atoms with van der Waals surface area (Å²) in [5.74, 6) is 0. The summed E-state index contributed by atoms with van der Waals surface area (Å²) >= 11 is 9.31. The van der Waals surface area contributed by atoms with Crippen LogP contribution in [0.25, 0.3) is 5.69 Å². The van der Waals surface area contributed by atoms with Crippen molar-refractivity contribution in [2.75, 3.05) is 6.54 Å². The van der Waals surface area contributed by atoms with Crippen LogP contribution in [0.3, 0.4) is 0 Å². The van der Waals surface area contributed by atoms with Crippen LogP contribution < -0.4 is 5.32 Å². The topological polar surface area (TPSA) is 33.1 Å². The molecule has 0 amide bonds. The predicted octanol–water partition coefficient (Wildman–Crippen LogP) is 6.02. The largest absolute Gasteiger partial charge is 0.352 e. The zero-order chi connectivity index (χ0) is 21.3. The Kier molecular flexibility index (Phi) is 6.25. The minimum atomic E-state index is 0.0365. The van der Waals surface area contributed by atoms with E-state index >= 15 is 0 Å². The molecule has 1 fully saturated rings. The Balaban J connectivity index is 1.81. The van der Waals surface area contributed by atoms with Gasteiger partial charge in [-0.2, -0.15) is 0 Å². The second kappa shape index (κ2) is 8.90. The van der Waals surface area contributed by atoms with Crippen LogP contribution in [0.2, 0.25) is 0 Å². The highest BCUT2D eigenvalue weighted by molar-refractivity contribution is 9.10. The molecule has 0 aliphatic carbocycles. The third-order valence-corrected chi connectivity index (χ3v) is 6.71. The molecule has 0 saturated carbocycles. The van der Waals surface area contributed by atoms with Crippen LogP contribution in [0.5, 0.6) is 0 Å². The maximum absolute atomic E-state index is 5.77. The highest BCUT2D eigenvalue weighted by Gasteiger charge is 2.41. The Morgan fingerprint density at radius 3 is 2.57 bits per heavy atom. The Hall–Kier alpha value is -2.18. The lowest BCUT2D eigenvalue weighted by molar-refractivity contribution is 0.312. The molecular weight excluding hydrogens is 456 g/mol. The number of benzene rings is 1. The number of unbranched alkanes of at least 4 members (excludes halogenated alkanes) is 1. The third-order valence-electron chi connectivity index (χ3n) is 5.82. The number of hydrogen-bond donors (Lipinski definition) is 1. The number of halogens is 1. The standard InChI is InChI=1S/C24H27BrN4S/c1-4-5-14-28-23(22(27-24(28)30)21-8-6-7-13-26-21)20-15-16(2)29(17(20)3)19-11-9-18(25)10-12-19/h6-13,15,22-23H,4-5,14H2,1-3H3,(H,27,30)/t22-,23-/m0/s1. The van der Waals surface area contributed by atoms with E-state index in [1.54, 1.807) is 0 Å². The number of aromatic nitrogens is 2. The van der Waals surface area contributed by atoms with E-state index in [1.165, 1.54) is 22.6 Å². The fraction of sp³-hybridized carbons (Fsp3) is 0.333. The summed E-state index contributed by atoms with van der Waals surface area (Å²) in [4.78, 5) is 7.00. The first kappa shape index (κ1) is 21.1. The zero-order valence-corrected chi connectivity index (χ0v) is 20.0. The van der Waals surface area contributed by atoms with E-state index in [-0.39, 0.29) is 12.1 Å². The van der Waals surface area contributed by atoms with Crippen LogP contribution in [0, 0.1) is 13.8 Å². The highest BCUT2D eigenvalue weighted by atomic mass is 79.9. The maximum atomic E-state index is 5.77. The van der Waals surface area contributed by atoms with Gasteiger partial charge in [0.1, 0.15) is 0 Å². The third kappa shape index (κ3) is 3.91.